The van der Waals surface area contributed by atoms with Crippen LogP contribution in [0.1, 0.15) is 5.56 Å². The minimum absolute atomic E-state index is 0.0257. The Kier molecular flexibility index (Phi) is 9.28. The zero-order valence-corrected chi connectivity index (χ0v) is 19.3. The lowest BCUT2D eigenvalue weighted by Crippen LogP contribution is -2.62. The molecule has 0 aliphatic carbocycles. The van der Waals surface area contributed by atoms with Gasteiger partial charge < -0.3 is 64.2 Å². The Hall–Kier alpha value is -2.04. The zero-order chi connectivity index (χ0) is 25.8. The average Bonchev–Trinajstić information content (AvgIpc) is 3.15. The Morgan fingerprint density at radius 3 is 2.34 bits per heavy atom. The van der Waals surface area contributed by atoms with Crippen LogP contribution in [0.25, 0.3) is 6.08 Å². The fraction of sp³-hybridized carbons (Fsp3) is 0.636. The Labute approximate surface area is 201 Å². The van der Waals surface area contributed by atoms with E-state index >= 15 is 0 Å². The molecule has 2 fully saturated rings. The molecule has 2 heterocycles. The van der Waals surface area contributed by atoms with E-state index in [1.807, 2.05) is 0 Å². The van der Waals surface area contributed by atoms with E-state index in [1.54, 1.807) is 18.2 Å². The fourth-order valence-corrected chi connectivity index (χ4v) is 3.85. The predicted octanol–water partition coefficient (Wildman–Crippen LogP) is -2.65. The topological polar surface area (TPSA) is 197 Å². The van der Waals surface area contributed by atoms with Crippen molar-refractivity contribution >= 4 is 6.08 Å². The van der Waals surface area contributed by atoms with E-state index in [2.05, 4.69) is 0 Å². The molecular weight excluding hydrogens is 472 g/mol. The van der Waals surface area contributed by atoms with Gasteiger partial charge in [0, 0.05) is 5.56 Å². The van der Waals surface area contributed by atoms with Gasteiger partial charge in [-0.2, -0.15) is 0 Å². The van der Waals surface area contributed by atoms with Crippen LogP contribution < -0.4 is 14.2 Å². The van der Waals surface area contributed by atoms with E-state index in [0.29, 0.717) is 5.56 Å². The summed E-state index contributed by atoms with van der Waals surface area (Å²) in [4.78, 5) is 0. The molecule has 1 aromatic carbocycles. The minimum Gasteiger partial charge on any atom is -0.493 e. The van der Waals surface area contributed by atoms with Crippen molar-refractivity contribution in [3.63, 3.8) is 0 Å². The smallest absolute Gasteiger partial charge is 0.229 e. The molecular formula is C22H32O13. The second kappa shape index (κ2) is 11.8. The van der Waals surface area contributed by atoms with E-state index in [9.17, 15) is 30.6 Å². The number of hydrogen-bond acceptors (Lipinski definition) is 13. The Balaban J connectivity index is 1.89. The van der Waals surface area contributed by atoms with Gasteiger partial charge in [-0.15, -0.1) is 0 Å². The van der Waals surface area contributed by atoms with Crippen molar-refractivity contribution < 1.29 is 64.2 Å². The highest BCUT2D eigenvalue weighted by Gasteiger charge is 2.53. The summed E-state index contributed by atoms with van der Waals surface area (Å²) in [5, 5.41) is 70.1. The lowest BCUT2D eigenvalue weighted by Gasteiger charge is -2.42. The van der Waals surface area contributed by atoms with Gasteiger partial charge in [0.25, 0.3) is 0 Å². The van der Waals surface area contributed by atoms with Crippen molar-refractivity contribution in [2.75, 3.05) is 40.6 Å². The molecule has 0 amide bonds. The number of methoxy groups -OCH3 is 2. The molecule has 2 saturated heterocycles. The second-order valence-corrected chi connectivity index (χ2v) is 8.12. The molecule has 7 N–H and O–H groups in total. The van der Waals surface area contributed by atoms with Crippen molar-refractivity contribution in [1.82, 2.24) is 0 Å². The van der Waals surface area contributed by atoms with Gasteiger partial charge in [0.05, 0.1) is 40.6 Å². The maximum Gasteiger partial charge on any atom is 0.229 e. The molecule has 0 radical (unpaired) electrons. The first-order chi connectivity index (χ1) is 16.7. The number of hydrogen-bond donors (Lipinski definition) is 7. The highest BCUT2D eigenvalue weighted by atomic mass is 16.7. The van der Waals surface area contributed by atoms with Crippen molar-refractivity contribution in [2.45, 2.75) is 48.7 Å². The summed E-state index contributed by atoms with van der Waals surface area (Å²) >= 11 is 0. The van der Waals surface area contributed by atoms with Crippen molar-refractivity contribution in [3.8, 4) is 17.2 Å². The first kappa shape index (κ1) is 27.5. The van der Waals surface area contributed by atoms with E-state index in [1.165, 1.54) is 20.3 Å². The van der Waals surface area contributed by atoms with Crippen LogP contribution in [0.2, 0.25) is 0 Å². The van der Waals surface area contributed by atoms with Gasteiger partial charge in [-0.1, -0.05) is 12.2 Å². The highest BCUT2D eigenvalue weighted by molar-refractivity contribution is 5.66. The summed E-state index contributed by atoms with van der Waals surface area (Å²) in [5.74, 6) is 0.430. The summed E-state index contributed by atoms with van der Waals surface area (Å²) in [6.45, 7) is -2.14. The Morgan fingerprint density at radius 1 is 1.03 bits per heavy atom. The number of rotatable bonds is 10. The van der Waals surface area contributed by atoms with Crippen LogP contribution in [-0.2, 0) is 14.2 Å². The molecule has 0 aromatic heterocycles. The number of benzene rings is 1. The molecule has 0 saturated carbocycles. The van der Waals surface area contributed by atoms with Crippen LogP contribution in [0.3, 0.4) is 0 Å². The zero-order valence-electron chi connectivity index (χ0n) is 19.3. The molecule has 35 heavy (non-hydrogen) atoms. The molecule has 8 atom stereocenters. The van der Waals surface area contributed by atoms with Gasteiger partial charge in [0.1, 0.15) is 36.1 Å². The quantitative estimate of drug-likeness (QED) is 0.175. The maximum absolute atomic E-state index is 11.0. The van der Waals surface area contributed by atoms with Crippen molar-refractivity contribution in [3.05, 3.63) is 23.8 Å². The monoisotopic (exact) mass is 504 g/mol. The van der Waals surface area contributed by atoms with Crippen molar-refractivity contribution in [1.29, 1.82) is 0 Å². The summed E-state index contributed by atoms with van der Waals surface area (Å²) in [7, 11) is 2.76. The molecule has 2 aliphatic heterocycles. The molecule has 0 bridgehead atoms. The van der Waals surface area contributed by atoms with Gasteiger partial charge in [-0.3, -0.25) is 0 Å². The molecule has 1 aromatic rings. The third kappa shape index (κ3) is 5.54. The lowest BCUT2D eigenvalue weighted by molar-refractivity contribution is -0.313. The van der Waals surface area contributed by atoms with Crippen LogP contribution in [0.5, 0.6) is 17.2 Å². The third-order valence-corrected chi connectivity index (χ3v) is 5.86. The molecule has 2 aliphatic rings. The standard InChI is InChI=1S/C22H32O13/c1-30-12-6-5-11(4-3-7-23)16(31-2)17(12)34-20-15(27)18(14(26)13(8-24)33-20)35-21-19(28)22(29,9-25)10-32-21/h3-6,13-15,18-21,23-29H,7-10H2,1-2H3/b4-3-/t13-,14+,15-,18+,19+,20+,21+,22-/m1/s1. The van der Waals surface area contributed by atoms with Gasteiger partial charge >= 0.3 is 0 Å². The van der Waals surface area contributed by atoms with Gasteiger partial charge in [-0.25, -0.2) is 0 Å². The summed E-state index contributed by atoms with van der Waals surface area (Å²) < 4.78 is 33.0. The number of ether oxygens (including phenoxy) is 6. The molecule has 0 spiro atoms. The molecule has 198 valence electrons. The lowest BCUT2D eigenvalue weighted by atomic mass is 9.98. The van der Waals surface area contributed by atoms with Crippen LogP contribution in [0, 0.1) is 0 Å². The van der Waals surface area contributed by atoms with Crippen LogP contribution in [0.4, 0.5) is 0 Å². The van der Waals surface area contributed by atoms with Crippen LogP contribution >= 0.6 is 0 Å². The number of aliphatic hydroxyl groups is 7. The second-order valence-electron chi connectivity index (χ2n) is 8.12. The molecule has 13 nitrogen and oxygen atoms in total. The molecule has 0 unspecified atom stereocenters. The van der Waals surface area contributed by atoms with E-state index in [-0.39, 0.29) is 23.9 Å². The number of aliphatic hydroxyl groups excluding tert-OH is 6. The van der Waals surface area contributed by atoms with Gasteiger partial charge in [0.2, 0.25) is 12.0 Å². The predicted molar refractivity (Wildman–Crippen MR) is 117 cm³/mol. The SMILES string of the molecule is COc1ccc(/C=C\CO)c(OC)c1O[C@@H]1O[C@H](CO)[C@H](O)[C@H](O[C@@H]2OC[C@](O)(CO)[C@H]2O)[C@H]1O. The Bertz CT molecular complexity index is 864. The molecule has 13 heteroatoms. The highest BCUT2D eigenvalue weighted by Crippen LogP contribution is 2.42. The largest absolute Gasteiger partial charge is 0.493 e. The maximum atomic E-state index is 11.0. The fourth-order valence-electron chi connectivity index (χ4n) is 3.85. The normalized spacial score (nSPS) is 35.4. The van der Waals surface area contributed by atoms with Crippen LogP contribution in [0.15, 0.2) is 18.2 Å². The molecule has 3 rings (SSSR count). The van der Waals surface area contributed by atoms with Gasteiger partial charge in [-0.05, 0) is 12.1 Å². The summed E-state index contributed by atoms with van der Waals surface area (Å²) in [6.07, 6.45) is -7.67. The van der Waals surface area contributed by atoms with E-state index in [0.717, 1.165) is 0 Å². The first-order valence-corrected chi connectivity index (χ1v) is 10.8. The van der Waals surface area contributed by atoms with Crippen LogP contribution in [-0.4, -0.2) is 125 Å². The average molecular weight is 504 g/mol. The summed E-state index contributed by atoms with van der Waals surface area (Å²) in [6, 6.07) is 3.22. The minimum atomic E-state index is -1.98. The van der Waals surface area contributed by atoms with Gasteiger partial charge in [0.15, 0.2) is 17.8 Å². The van der Waals surface area contributed by atoms with Crippen molar-refractivity contribution in [2.24, 2.45) is 0 Å². The Morgan fingerprint density at radius 2 is 1.77 bits per heavy atom. The third-order valence-electron chi connectivity index (χ3n) is 5.86. The first-order valence-electron chi connectivity index (χ1n) is 10.8. The summed E-state index contributed by atoms with van der Waals surface area (Å²) in [5.41, 5.74) is -1.47. The van der Waals surface area contributed by atoms with E-state index < -0.39 is 68.5 Å². The van der Waals surface area contributed by atoms with E-state index in [4.69, 9.17) is 33.5 Å².